The molecule has 7 rings (SSSR count). The highest BCUT2D eigenvalue weighted by atomic mass is 16.3. The second kappa shape index (κ2) is 8.81. The summed E-state index contributed by atoms with van der Waals surface area (Å²) in [7, 11) is 0. The maximum absolute atomic E-state index is 6.42. The second-order valence-corrected chi connectivity index (χ2v) is 8.75. The molecule has 0 spiro atoms. The Morgan fingerprint density at radius 2 is 1.14 bits per heavy atom. The van der Waals surface area contributed by atoms with Crippen LogP contribution in [0.1, 0.15) is 0 Å². The van der Waals surface area contributed by atoms with E-state index in [9.17, 15) is 0 Å². The Bertz CT molecular complexity index is 1810. The van der Waals surface area contributed by atoms with Crippen molar-refractivity contribution in [1.29, 1.82) is 0 Å². The molecule has 174 valence electrons. The lowest BCUT2D eigenvalue weighted by molar-refractivity contribution is 0.670. The lowest BCUT2D eigenvalue weighted by Crippen LogP contribution is -2.00. The number of aromatic nitrogens is 4. The monoisotopic (exact) mass is 476 g/mol. The zero-order chi connectivity index (χ0) is 24.6. The fourth-order valence-electron chi connectivity index (χ4n) is 4.60. The van der Waals surface area contributed by atoms with E-state index in [-0.39, 0.29) is 0 Å². The molecule has 37 heavy (non-hydrogen) atoms. The van der Waals surface area contributed by atoms with Crippen LogP contribution in [-0.2, 0) is 0 Å². The van der Waals surface area contributed by atoms with Crippen molar-refractivity contribution in [3.05, 3.63) is 121 Å². The van der Waals surface area contributed by atoms with Gasteiger partial charge in [-0.15, -0.1) is 0 Å². The molecule has 0 amide bonds. The Morgan fingerprint density at radius 1 is 0.486 bits per heavy atom. The normalized spacial score (nSPS) is 11.2. The second-order valence-electron chi connectivity index (χ2n) is 8.75. The fourth-order valence-corrected chi connectivity index (χ4v) is 4.60. The molecule has 3 heterocycles. The van der Waals surface area contributed by atoms with Crippen molar-refractivity contribution in [1.82, 2.24) is 19.9 Å². The number of hydrogen-bond acceptors (Lipinski definition) is 5. The molecule has 5 heteroatoms. The third-order valence-electron chi connectivity index (χ3n) is 6.40. The van der Waals surface area contributed by atoms with Gasteiger partial charge < -0.3 is 4.42 Å². The van der Waals surface area contributed by atoms with E-state index in [2.05, 4.69) is 17.1 Å². The van der Waals surface area contributed by atoms with Crippen molar-refractivity contribution in [2.24, 2.45) is 0 Å². The van der Waals surface area contributed by atoms with Gasteiger partial charge in [0.05, 0.1) is 5.69 Å². The summed E-state index contributed by atoms with van der Waals surface area (Å²) in [6, 6.07) is 38.1. The SMILES string of the molecule is c1ccc(-c2nc(-c3ccccc3)nc(-c3ccc4c(c3)oc3c(-c5ccccn5)cccc34)n2)cc1. The van der Waals surface area contributed by atoms with E-state index in [1.54, 1.807) is 6.20 Å². The molecule has 0 aliphatic rings. The maximum Gasteiger partial charge on any atom is 0.164 e. The number of fused-ring (bicyclic) bond motifs is 3. The Morgan fingerprint density at radius 3 is 1.78 bits per heavy atom. The molecular formula is C32H20N4O. The minimum atomic E-state index is 0.597. The van der Waals surface area contributed by atoms with E-state index in [1.165, 1.54) is 0 Å². The summed E-state index contributed by atoms with van der Waals surface area (Å²) in [5.74, 6) is 1.86. The average Bonchev–Trinajstić information content (AvgIpc) is 3.36. The summed E-state index contributed by atoms with van der Waals surface area (Å²) in [6.45, 7) is 0. The van der Waals surface area contributed by atoms with Gasteiger partial charge in [0.1, 0.15) is 11.2 Å². The summed E-state index contributed by atoms with van der Waals surface area (Å²) in [5.41, 5.74) is 6.18. The van der Waals surface area contributed by atoms with Crippen LogP contribution in [0.5, 0.6) is 0 Å². The van der Waals surface area contributed by atoms with Gasteiger partial charge in [0.15, 0.2) is 17.5 Å². The van der Waals surface area contributed by atoms with E-state index in [4.69, 9.17) is 19.4 Å². The molecule has 0 aliphatic carbocycles. The molecule has 0 unspecified atom stereocenters. The van der Waals surface area contributed by atoms with Crippen LogP contribution in [0.3, 0.4) is 0 Å². The van der Waals surface area contributed by atoms with Gasteiger partial charge in [-0.05, 0) is 30.3 Å². The minimum Gasteiger partial charge on any atom is -0.455 e. The van der Waals surface area contributed by atoms with Gasteiger partial charge in [0.2, 0.25) is 0 Å². The first-order chi connectivity index (χ1) is 18.3. The fraction of sp³-hybridized carbons (Fsp3) is 0. The highest BCUT2D eigenvalue weighted by Crippen LogP contribution is 2.36. The van der Waals surface area contributed by atoms with Crippen LogP contribution in [0.2, 0.25) is 0 Å². The molecule has 3 aromatic heterocycles. The van der Waals surface area contributed by atoms with Gasteiger partial charge >= 0.3 is 0 Å². The van der Waals surface area contributed by atoms with Crippen LogP contribution in [0.4, 0.5) is 0 Å². The number of rotatable bonds is 4. The largest absolute Gasteiger partial charge is 0.455 e. The standard InChI is InChI=1S/C32H20N4O/c1-3-10-21(11-4-1)30-34-31(22-12-5-2-6-13-22)36-32(35-30)23-17-18-24-25-14-9-15-26(27-16-7-8-19-33-27)29(25)37-28(24)20-23/h1-20H. The van der Waals surface area contributed by atoms with Gasteiger partial charge in [-0.25, -0.2) is 15.0 Å². The van der Waals surface area contributed by atoms with Crippen molar-refractivity contribution in [2.45, 2.75) is 0 Å². The van der Waals surface area contributed by atoms with E-state index < -0.39 is 0 Å². The summed E-state index contributed by atoms with van der Waals surface area (Å²) < 4.78 is 6.42. The predicted molar refractivity (Wildman–Crippen MR) is 147 cm³/mol. The van der Waals surface area contributed by atoms with E-state index in [0.29, 0.717) is 17.5 Å². The number of furan rings is 1. The van der Waals surface area contributed by atoms with Crippen molar-refractivity contribution in [3.8, 4) is 45.4 Å². The summed E-state index contributed by atoms with van der Waals surface area (Å²) in [4.78, 5) is 19.0. The zero-order valence-electron chi connectivity index (χ0n) is 19.7. The molecule has 0 saturated heterocycles. The first kappa shape index (κ1) is 21.1. The van der Waals surface area contributed by atoms with Gasteiger partial charge in [-0.2, -0.15) is 0 Å². The quantitative estimate of drug-likeness (QED) is 0.259. The number of hydrogen-bond donors (Lipinski definition) is 0. The Labute approximate surface area is 213 Å². The lowest BCUT2D eigenvalue weighted by Gasteiger charge is -2.08. The predicted octanol–water partition coefficient (Wildman–Crippen LogP) is 7.83. The zero-order valence-corrected chi connectivity index (χ0v) is 19.7. The van der Waals surface area contributed by atoms with Crippen LogP contribution in [-0.4, -0.2) is 19.9 Å². The summed E-state index contributed by atoms with van der Waals surface area (Å²) in [5, 5.41) is 2.09. The Kier molecular flexibility index (Phi) is 5.03. The molecule has 0 atom stereocenters. The molecule has 0 radical (unpaired) electrons. The van der Waals surface area contributed by atoms with Crippen LogP contribution >= 0.6 is 0 Å². The molecule has 0 N–H and O–H groups in total. The number of benzene rings is 4. The topological polar surface area (TPSA) is 64.7 Å². The van der Waals surface area contributed by atoms with Crippen molar-refractivity contribution in [2.75, 3.05) is 0 Å². The summed E-state index contributed by atoms with van der Waals surface area (Å²) >= 11 is 0. The Hall–Kier alpha value is -5.16. The maximum atomic E-state index is 6.42. The molecule has 5 nitrogen and oxygen atoms in total. The molecule has 0 aliphatic heterocycles. The molecule has 4 aromatic carbocycles. The van der Waals surface area contributed by atoms with Crippen LogP contribution in [0.25, 0.3) is 67.4 Å². The smallest absolute Gasteiger partial charge is 0.164 e. The highest BCUT2D eigenvalue weighted by Gasteiger charge is 2.16. The van der Waals surface area contributed by atoms with Gasteiger partial charge in [0, 0.05) is 39.2 Å². The number of nitrogens with zero attached hydrogens (tertiary/aromatic N) is 4. The van der Waals surface area contributed by atoms with Crippen molar-refractivity contribution < 1.29 is 4.42 Å². The van der Waals surface area contributed by atoms with Gasteiger partial charge in [0.25, 0.3) is 0 Å². The molecular weight excluding hydrogens is 456 g/mol. The van der Waals surface area contributed by atoms with Gasteiger partial charge in [-0.1, -0.05) is 84.9 Å². The molecule has 0 bridgehead atoms. The average molecular weight is 477 g/mol. The van der Waals surface area contributed by atoms with Crippen LogP contribution in [0, 0.1) is 0 Å². The van der Waals surface area contributed by atoms with E-state index in [0.717, 1.165) is 49.9 Å². The van der Waals surface area contributed by atoms with Crippen LogP contribution < -0.4 is 0 Å². The van der Waals surface area contributed by atoms with Crippen molar-refractivity contribution in [3.63, 3.8) is 0 Å². The van der Waals surface area contributed by atoms with E-state index >= 15 is 0 Å². The lowest BCUT2D eigenvalue weighted by atomic mass is 10.1. The molecule has 0 saturated carbocycles. The van der Waals surface area contributed by atoms with E-state index in [1.807, 2.05) is 103 Å². The van der Waals surface area contributed by atoms with Crippen LogP contribution in [0.15, 0.2) is 126 Å². The Balaban J connectivity index is 1.41. The molecule has 7 aromatic rings. The number of pyridine rings is 1. The first-order valence-electron chi connectivity index (χ1n) is 12.1. The third kappa shape index (κ3) is 3.83. The third-order valence-corrected chi connectivity index (χ3v) is 6.40. The molecule has 0 fully saturated rings. The minimum absolute atomic E-state index is 0.597. The number of para-hydroxylation sites is 1. The highest BCUT2D eigenvalue weighted by molar-refractivity contribution is 6.09. The first-order valence-corrected chi connectivity index (χ1v) is 12.1. The van der Waals surface area contributed by atoms with Gasteiger partial charge in [-0.3, -0.25) is 4.98 Å². The summed E-state index contributed by atoms with van der Waals surface area (Å²) in [6.07, 6.45) is 1.80. The van der Waals surface area contributed by atoms with Crippen molar-refractivity contribution >= 4 is 21.9 Å².